The predicted octanol–water partition coefficient (Wildman–Crippen LogP) is 3.21. The van der Waals surface area contributed by atoms with E-state index >= 15 is 0 Å². The summed E-state index contributed by atoms with van der Waals surface area (Å²) in [6.07, 6.45) is 6.59. The third kappa shape index (κ3) is 4.43. The largest absolute Gasteiger partial charge is 0.342 e. The van der Waals surface area contributed by atoms with Gasteiger partial charge >= 0.3 is 0 Å². The van der Waals surface area contributed by atoms with Crippen LogP contribution in [0.4, 0.5) is 0 Å². The number of piperidine rings is 2. The Morgan fingerprint density at radius 2 is 1.88 bits per heavy atom. The molecule has 3 rings (SSSR count). The van der Waals surface area contributed by atoms with Crippen molar-refractivity contribution in [2.45, 2.75) is 44.3 Å². The van der Waals surface area contributed by atoms with Crippen molar-refractivity contribution in [3.8, 4) is 0 Å². The number of likely N-dealkylation sites (tertiary alicyclic amines) is 2. The molecule has 142 valence electrons. The van der Waals surface area contributed by atoms with E-state index in [2.05, 4.69) is 29.2 Å². The third-order valence-corrected chi connectivity index (χ3v) is 7.01. The maximum absolute atomic E-state index is 12.4. The highest BCUT2D eigenvalue weighted by atomic mass is 32.2. The summed E-state index contributed by atoms with van der Waals surface area (Å²) in [6.45, 7) is 5.33. The number of nitrogens with zero attached hydrogens (tertiary/aromatic N) is 2. The average Bonchev–Trinajstić information content (AvgIpc) is 2.69. The molecule has 2 amide bonds. The SMILES string of the molecule is CS[C@@H](C)C(=O)N1CCC2(CCC(=O)N(CCc3ccccc3)C2)CC1. The van der Waals surface area contributed by atoms with Gasteiger partial charge in [0.1, 0.15) is 0 Å². The molecule has 0 unspecified atom stereocenters. The van der Waals surface area contributed by atoms with Crippen LogP contribution in [0.3, 0.4) is 0 Å². The Kier molecular flexibility index (Phi) is 6.28. The van der Waals surface area contributed by atoms with Crippen molar-refractivity contribution < 1.29 is 9.59 Å². The molecule has 2 heterocycles. The van der Waals surface area contributed by atoms with Crippen LogP contribution in [0.25, 0.3) is 0 Å². The molecule has 2 aliphatic heterocycles. The highest BCUT2D eigenvalue weighted by Gasteiger charge is 2.41. The molecule has 2 aliphatic rings. The third-order valence-electron chi connectivity index (χ3n) is 6.10. The number of rotatable bonds is 5. The van der Waals surface area contributed by atoms with Gasteiger partial charge in [0.05, 0.1) is 5.25 Å². The van der Waals surface area contributed by atoms with E-state index in [9.17, 15) is 9.59 Å². The van der Waals surface area contributed by atoms with Gasteiger partial charge in [0.2, 0.25) is 11.8 Å². The normalized spacial score (nSPS) is 21.1. The average molecular weight is 375 g/mol. The first-order valence-corrected chi connectivity index (χ1v) is 11.0. The van der Waals surface area contributed by atoms with Crippen molar-refractivity contribution in [1.29, 1.82) is 0 Å². The summed E-state index contributed by atoms with van der Waals surface area (Å²) in [6, 6.07) is 10.4. The molecule has 2 saturated heterocycles. The van der Waals surface area contributed by atoms with Crippen LogP contribution in [0, 0.1) is 5.41 Å². The van der Waals surface area contributed by atoms with Crippen molar-refractivity contribution in [1.82, 2.24) is 9.80 Å². The Bertz CT molecular complexity index is 626. The van der Waals surface area contributed by atoms with Gasteiger partial charge in [0.25, 0.3) is 0 Å². The van der Waals surface area contributed by atoms with Crippen LogP contribution >= 0.6 is 11.8 Å². The van der Waals surface area contributed by atoms with E-state index in [1.54, 1.807) is 11.8 Å². The zero-order chi connectivity index (χ0) is 18.6. The number of carbonyl (C=O) groups excluding carboxylic acids is 2. The summed E-state index contributed by atoms with van der Waals surface area (Å²) in [5.74, 6) is 0.557. The minimum Gasteiger partial charge on any atom is -0.342 e. The molecule has 0 radical (unpaired) electrons. The van der Waals surface area contributed by atoms with Crippen LogP contribution in [0.1, 0.15) is 38.2 Å². The zero-order valence-electron chi connectivity index (χ0n) is 15.9. The van der Waals surface area contributed by atoms with Crippen LogP contribution in [0.5, 0.6) is 0 Å². The molecular formula is C21H30N2O2S. The summed E-state index contributed by atoms with van der Waals surface area (Å²) in [4.78, 5) is 28.9. The monoisotopic (exact) mass is 374 g/mol. The highest BCUT2D eigenvalue weighted by Crippen LogP contribution is 2.40. The fraction of sp³-hybridized carbons (Fsp3) is 0.619. The second-order valence-electron chi connectivity index (χ2n) is 7.75. The maximum atomic E-state index is 12.4. The van der Waals surface area contributed by atoms with Gasteiger partial charge in [-0.05, 0) is 49.8 Å². The Morgan fingerprint density at radius 1 is 1.19 bits per heavy atom. The van der Waals surface area contributed by atoms with E-state index in [0.29, 0.717) is 12.3 Å². The number of hydrogen-bond acceptors (Lipinski definition) is 3. The summed E-state index contributed by atoms with van der Waals surface area (Å²) in [5, 5.41) is 0.0411. The molecule has 26 heavy (non-hydrogen) atoms. The standard InChI is InChI=1S/C21H30N2O2S/c1-17(26-2)20(25)22-14-11-21(12-15-22)10-8-19(24)23(16-21)13-9-18-6-4-3-5-7-18/h3-7,17H,8-16H2,1-2H3/t17-/m0/s1. The molecular weight excluding hydrogens is 344 g/mol. The summed E-state index contributed by atoms with van der Waals surface area (Å²) in [7, 11) is 0. The first kappa shape index (κ1) is 19.3. The van der Waals surface area contributed by atoms with Gasteiger partial charge in [-0.3, -0.25) is 9.59 Å². The molecule has 0 bridgehead atoms. The molecule has 1 atom stereocenters. The van der Waals surface area contributed by atoms with Gasteiger partial charge in [0, 0.05) is 32.6 Å². The Morgan fingerprint density at radius 3 is 2.54 bits per heavy atom. The van der Waals surface area contributed by atoms with Gasteiger partial charge in [-0.2, -0.15) is 11.8 Å². The van der Waals surface area contributed by atoms with Gasteiger partial charge in [-0.15, -0.1) is 0 Å². The van der Waals surface area contributed by atoms with E-state index in [-0.39, 0.29) is 16.6 Å². The number of amides is 2. The molecule has 1 spiro atoms. The maximum Gasteiger partial charge on any atom is 0.235 e. The minimum absolute atomic E-state index is 0.0411. The van der Waals surface area contributed by atoms with Gasteiger partial charge in [0.15, 0.2) is 0 Å². The lowest BCUT2D eigenvalue weighted by Gasteiger charge is -2.47. The van der Waals surface area contributed by atoms with Crippen LogP contribution in [-0.2, 0) is 16.0 Å². The van der Waals surface area contributed by atoms with Crippen molar-refractivity contribution in [3.05, 3.63) is 35.9 Å². The fourth-order valence-corrected chi connectivity index (χ4v) is 4.53. The van der Waals surface area contributed by atoms with Crippen LogP contribution < -0.4 is 0 Å². The molecule has 0 N–H and O–H groups in total. The Hall–Kier alpha value is -1.49. The molecule has 0 aromatic heterocycles. The van der Waals surface area contributed by atoms with E-state index in [1.165, 1.54) is 5.56 Å². The smallest absolute Gasteiger partial charge is 0.235 e. The quantitative estimate of drug-likeness (QED) is 0.795. The Balaban J connectivity index is 1.56. The summed E-state index contributed by atoms with van der Waals surface area (Å²) >= 11 is 1.61. The molecule has 2 fully saturated rings. The molecule has 0 saturated carbocycles. The molecule has 0 aliphatic carbocycles. The van der Waals surface area contributed by atoms with Crippen LogP contribution in [0.15, 0.2) is 30.3 Å². The second-order valence-corrected chi connectivity index (χ2v) is 8.93. The van der Waals surface area contributed by atoms with Crippen molar-refractivity contribution >= 4 is 23.6 Å². The van der Waals surface area contributed by atoms with Crippen LogP contribution in [-0.4, -0.2) is 59.3 Å². The van der Waals surface area contributed by atoms with E-state index < -0.39 is 0 Å². The van der Waals surface area contributed by atoms with Crippen LogP contribution in [0.2, 0.25) is 0 Å². The lowest BCUT2D eigenvalue weighted by Crippen LogP contribution is -2.53. The first-order valence-electron chi connectivity index (χ1n) is 9.66. The van der Waals surface area contributed by atoms with Crippen molar-refractivity contribution in [2.24, 2.45) is 5.41 Å². The van der Waals surface area contributed by atoms with Gasteiger partial charge < -0.3 is 9.80 Å². The number of carbonyl (C=O) groups is 2. The highest BCUT2D eigenvalue weighted by molar-refractivity contribution is 7.99. The first-order chi connectivity index (χ1) is 12.5. The Labute approximate surface area is 161 Å². The molecule has 1 aromatic carbocycles. The summed E-state index contributed by atoms with van der Waals surface area (Å²) < 4.78 is 0. The number of benzene rings is 1. The topological polar surface area (TPSA) is 40.6 Å². The zero-order valence-corrected chi connectivity index (χ0v) is 16.8. The summed E-state index contributed by atoms with van der Waals surface area (Å²) in [5.41, 5.74) is 1.50. The van der Waals surface area contributed by atoms with E-state index in [1.807, 2.05) is 24.1 Å². The molecule has 4 nitrogen and oxygen atoms in total. The lowest BCUT2D eigenvalue weighted by molar-refractivity contribution is -0.142. The second kappa shape index (κ2) is 8.47. The van der Waals surface area contributed by atoms with E-state index in [4.69, 9.17) is 0 Å². The predicted molar refractivity (Wildman–Crippen MR) is 107 cm³/mol. The lowest BCUT2D eigenvalue weighted by atomic mass is 9.72. The van der Waals surface area contributed by atoms with Gasteiger partial charge in [-0.25, -0.2) is 0 Å². The van der Waals surface area contributed by atoms with E-state index in [0.717, 1.165) is 51.9 Å². The fourth-order valence-electron chi connectivity index (χ4n) is 4.18. The number of thioether (sulfide) groups is 1. The minimum atomic E-state index is 0.0411. The molecule has 5 heteroatoms. The van der Waals surface area contributed by atoms with Gasteiger partial charge in [-0.1, -0.05) is 30.3 Å². The number of hydrogen-bond donors (Lipinski definition) is 0. The van der Waals surface area contributed by atoms with Crippen molar-refractivity contribution in [2.75, 3.05) is 32.4 Å². The molecule has 1 aromatic rings. The van der Waals surface area contributed by atoms with Crippen molar-refractivity contribution in [3.63, 3.8) is 0 Å².